The minimum Gasteiger partial charge on any atom is -0.491 e. The number of hydrogen-bond donors (Lipinski definition) is 1. The van der Waals surface area contributed by atoms with Gasteiger partial charge in [-0.15, -0.1) is 0 Å². The first-order valence-corrected chi connectivity index (χ1v) is 19.7. The van der Waals surface area contributed by atoms with Crippen molar-refractivity contribution in [2.45, 2.75) is 57.4 Å². The van der Waals surface area contributed by atoms with Crippen LogP contribution in [-0.4, -0.2) is 99.8 Å². The van der Waals surface area contributed by atoms with Crippen LogP contribution in [0.1, 0.15) is 42.9 Å². The van der Waals surface area contributed by atoms with Gasteiger partial charge in [-0.1, -0.05) is 48.5 Å². The van der Waals surface area contributed by atoms with Gasteiger partial charge < -0.3 is 52.7 Å². The van der Waals surface area contributed by atoms with Crippen molar-refractivity contribution in [3.63, 3.8) is 0 Å². The SMILES string of the molecule is COC(=O)[C@@H]1C[C@H](OC(C)=O)[C@@H](OC(C)=O)[C@H](Oc2cc(OCCOCCNC(=O)OCC3c4ccccc4-c4ccccc43)ccc2COC(=O)Oc2ccc([N+](=O)[O-])cc2)O1. The van der Waals surface area contributed by atoms with Gasteiger partial charge in [-0.25, -0.2) is 14.4 Å². The Labute approximate surface area is 360 Å². The fourth-order valence-electron chi connectivity index (χ4n) is 6.92. The molecule has 1 amide bonds. The zero-order chi connectivity index (χ0) is 44.9. The van der Waals surface area contributed by atoms with Crippen molar-refractivity contribution in [3.05, 3.63) is 118 Å². The fourth-order valence-corrected chi connectivity index (χ4v) is 6.92. The zero-order valence-corrected chi connectivity index (χ0v) is 34.4. The van der Waals surface area contributed by atoms with Gasteiger partial charge in [0.1, 0.15) is 43.2 Å². The summed E-state index contributed by atoms with van der Waals surface area (Å²) >= 11 is 0. The molecule has 1 aliphatic heterocycles. The number of benzene rings is 4. The summed E-state index contributed by atoms with van der Waals surface area (Å²) in [6.45, 7) is 2.44. The average molecular weight is 873 g/mol. The molecule has 1 heterocycles. The van der Waals surface area contributed by atoms with Crippen LogP contribution >= 0.6 is 0 Å². The molecule has 19 nitrogen and oxygen atoms in total. The molecule has 332 valence electrons. The molecule has 1 fully saturated rings. The highest BCUT2D eigenvalue weighted by Crippen LogP contribution is 2.44. The average Bonchev–Trinajstić information content (AvgIpc) is 3.58. The normalized spacial score (nSPS) is 17.5. The monoisotopic (exact) mass is 872 g/mol. The molecule has 0 aromatic heterocycles. The van der Waals surface area contributed by atoms with Crippen molar-refractivity contribution in [2.24, 2.45) is 0 Å². The van der Waals surface area contributed by atoms with E-state index in [0.29, 0.717) is 0 Å². The second-order valence-corrected chi connectivity index (χ2v) is 14.0. The third kappa shape index (κ3) is 12.2. The number of fused-ring (bicyclic) bond motifs is 3. The van der Waals surface area contributed by atoms with Gasteiger partial charge in [0, 0.05) is 56.5 Å². The number of carbonyl (C=O) groups excluding carboxylic acids is 5. The number of nitro benzene ring substituents is 1. The van der Waals surface area contributed by atoms with E-state index >= 15 is 0 Å². The Morgan fingerprint density at radius 1 is 0.810 bits per heavy atom. The number of non-ortho nitro benzene ring substituents is 1. The number of nitrogens with one attached hydrogen (secondary N) is 1. The largest absolute Gasteiger partial charge is 0.514 e. The van der Waals surface area contributed by atoms with Crippen molar-refractivity contribution in [3.8, 4) is 28.4 Å². The lowest BCUT2D eigenvalue weighted by atomic mass is 9.98. The minimum atomic E-state index is -1.57. The predicted octanol–water partition coefficient (Wildman–Crippen LogP) is 5.77. The molecular weight excluding hydrogens is 828 g/mol. The van der Waals surface area contributed by atoms with E-state index in [9.17, 15) is 34.1 Å². The topological polar surface area (TPSA) is 233 Å². The van der Waals surface area contributed by atoms with E-state index in [1.807, 2.05) is 36.4 Å². The van der Waals surface area contributed by atoms with Gasteiger partial charge in [-0.2, -0.15) is 0 Å². The standard InChI is InChI=1S/C44H44N2O17/c1-26(47)59-38-23-39(41(49)54-3)63-42(40(38)60-27(2)48)62-37-22-31(15-12-28(37)24-58-44(51)61-30-16-13-29(14-17-30)46(52)53)56-21-20-55-19-18-45-43(50)57-25-36-34-10-6-4-8-32(34)33-9-5-7-11-35(33)36/h4-17,22,36,38-40,42H,18-21,23-25H2,1-3H3,(H,45,50)/t38-,39-,40+,42+/m0/s1. The van der Waals surface area contributed by atoms with Gasteiger partial charge >= 0.3 is 30.2 Å². The van der Waals surface area contributed by atoms with E-state index in [1.165, 1.54) is 30.3 Å². The van der Waals surface area contributed by atoms with E-state index in [4.69, 9.17) is 47.4 Å². The van der Waals surface area contributed by atoms with Crippen LogP contribution in [0.2, 0.25) is 0 Å². The molecule has 4 aromatic rings. The summed E-state index contributed by atoms with van der Waals surface area (Å²) in [5.74, 6) is -2.20. The van der Waals surface area contributed by atoms with E-state index in [-0.39, 0.29) is 73.8 Å². The number of alkyl carbamates (subject to hydrolysis) is 1. The first kappa shape index (κ1) is 45.3. The van der Waals surface area contributed by atoms with Crippen molar-refractivity contribution < 1.29 is 76.3 Å². The third-order valence-corrected chi connectivity index (χ3v) is 9.69. The number of rotatable bonds is 18. The number of methoxy groups -OCH3 is 1. The van der Waals surface area contributed by atoms with Crippen LogP contribution in [0.4, 0.5) is 15.3 Å². The van der Waals surface area contributed by atoms with Crippen molar-refractivity contribution in [1.29, 1.82) is 0 Å². The van der Waals surface area contributed by atoms with Crippen LogP contribution in [0.3, 0.4) is 0 Å². The summed E-state index contributed by atoms with van der Waals surface area (Å²) in [6, 6.07) is 25.3. The minimum absolute atomic E-state index is 0.0220. The Kier molecular flexibility index (Phi) is 15.5. The van der Waals surface area contributed by atoms with E-state index in [2.05, 4.69) is 17.4 Å². The fraction of sp³-hybridized carbons (Fsp3) is 0.341. The predicted molar refractivity (Wildman–Crippen MR) is 217 cm³/mol. The van der Waals surface area contributed by atoms with Crippen molar-refractivity contribution >= 4 is 35.8 Å². The van der Waals surface area contributed by atoms with Gasteiger partial charge in [0.25, 0.3) is 5.69 Å². The molecule has 2 aliphatic rings. The Balaban J connectivity index is 1.06. The molecule has 0 radical (unpaired) electrons. The smallest absolute Gasteiger partial charge is 0.491 e. The molecular formula is C44H44N2O17. The molecule has 0 bridgehead atoms. The summed E-state index contributed by atoms with van der Waals surface area (Å²) in [5, 5.41) is 13.7. The van der Waals surface area contributed by atoms with Gasteiger partial charge in [0.05, 0.1) is 25.2 Å². The Hall–Kier alpha value is -7.25. The summed E-state index contributed by atoms with van der Waals surface area (Å²) in [4.78, 5) is 72.4. The number of hydrogen-bond acceptors (Lipinski definition) is 17. The molecule has 1 aliphatic carbocycles. The second kappa shape index (κ2) is 21.5. The summed E-state index contributed by atoms with van der Waals surface area (Å²) in [6.07, 6.45) is -7.39. The molecule has 0 unspecified atom stereocenters. The van der Waals surface area contributed by atoms with Crippen LogP contribution in [0, 0.1) is 10.1 Å². The number of nitrogens with zero attached hydrogens (tertiary/aromatic N) is 1. The Bertz CT molecular complexity index is 2240. The van der Waals surface area contributed by atoms with Crippen LogP contribution in [-0.2, 0) is 54.1 Å². The molecule has 0 spiro atoms. The van der Waals surface area contributed by atoms with E-state index < -0.39 is 66.3 Å². The van der Waals surface area contributed by atoms with Crippen LogP contribution in [0.5, 0.6) is 17.2 Å². The highest BCUT2D eigenvalue weighted by atomic mass is 16.7. The lowest BCUT2D eigenvalue weighted by molar-refractivity contribution is -0.384. The van der Waals surface area contributed by atoms with Crippen LogP contribution in [0.15, 0.2) is 91.0 Å². The third-order valence-electron chi connectivity index (χ3n) is 9.69. The molecule has 0 saturated carbocycles. The Morgan fingerprint density at radius 2 is 1.48 bits per heavy atom. The van der Waals surface area contributed by atoms with Crippen LogP contribution in [0.25, 0.3) is 11.1 Å². The molecule has 1 N–H and O–H groups in total. The first-order valence-electron chi connectivity index (χ1n) is 19.7. The van der Waals surface area contributed by atoms with Crippen LogP contribution < -0.4 is 19.5 Å². The summed E-state index contributed by atoms with van der Waals surface area (Å²) in [7, 11) is 1.14. The lowest BCUT2D eigenvalue weighted by Crippen LogP contribution is -2.55. The van der Waals surface area contributed by atoms with E-state index in [1.54, 1.807) is 0 Å². The zero-order valence-electron chi connectivity index (χ0n) is 34.4. The molecule has 4 aromatic carbocycles. The van der Waals surface area contributed by atoms with Gasteiger partial charge in [0.2, 0.25) is 12.4 Å². The van der Waals surface area contributed by atoms with Gasteiger partial charge in [-0.05, 0) is 46.5 Å². The maximum Gasteiger partial charge on any atom is 0.514 e. The maximum atomic E-state index is 12.6. The molecule has 6 rings (SSSR count). The second-order valence-electron chi connectivity index (χ2n) is 14.0. The number of esters is 3. The maximum absolute atomic E-state index is 12.6. The highest BCUT2D eigenvalue weighted by molar-refractivity contribution is 5.79. The van der Waals surface area contributed by atoms with Gasteiger partial charge in [-0.3, -0.25) is 19.7 Å². The molecule has 1 saturated heterocycles. The lowest BCUT2D eigenvalue weighted by Gasteiger charge is -2.39. The summed E-state index contributed by atoms with van der Waals surface area (Å²) < 4.78 is 55.2. The number of amides is 1. The molecule has 19 heteroatoms. The molecule has 63 heavy (non-hydrogen) atoms. The van der Waals surface area contributed by atoms with Crippen molar-refractivity contribution in [1.82, 2.24) is 5.32 Å². The highest BCUT2D eigenvalue weighted by Gasteiger charge is 2.47. The Morgan fingerprint density at radius 3 is 2.13 bits per heavy atom. The van der Waals surface area contributed by atoms with Crippen molar-refractivity contribution in [2.75, 3.05) is 40.1 Å². The number of ether oxygens (including phenoxy) is 10. The quantitative estimate of drug-likeness (QED) is 0.0312. The number of nitro groups is 1. The first-order chi connectivity index (χ1) is 30.4. The molecule has 4 atom stereocenters. The number of carbonyl (C=O) groups is 5. The van der Waals surface area contributed by atoms with Gasteiger partial charge in [0.15, 0.2) is 6.10 Å². The van der Waals surface area contributed by atoms with E-state index in [0.717, 1.165) is 55.3 Å². The summed E-state index contributed by atoms with van der Waals surface area (Å²) in [5.41, 5.74) is 4.46.